The van der Waals surface area contributed by atoms with Gasteiger partial charge in [0.2, 0.25) is 0 Å². The highest BCUT2D eigenvalue weighted by molar-refractivity contribution is 5.17. The standard InChI is InChI=1S/C11H15N/c1-9-3-5-11(6-4-9)10(2)7-8-12/h3,7,11H,4-6H2,1-2H3. The van der Waals surface area contributed by atoms with Crippen molar-refractivity contribution in [3.8, 4) is 6.07 Å². The molecule has 0 N–H and O–H groups in total. The van der Waals surface area contributed by atoms with E-state index in [1.54, 1.807) is 6.08 Å². The number of rotatable bonds is 1. The number of hydrogen-bond donors (Lipinski definition) is 0. The molecule has 0 bridgehead atoms. The predicted molar refractivity (Wildman–Crippen MR) is 50.5 cm³/mol. The van der Waals surface area contributed by atoms with E-state index in [1.807, 2.05) is 0 Å². The molecule has 0 amide bonds. The van der Waals surface area contributed by atoms with Crippen LogP contribution >= 0.6 is 0 Å². The first-order valence-corrected chi connectivity index (χ1v) is 4.46. The van der Waals surface area contributed by atoms with E-state index in [4.69, 9.17) is 5.26 Å². The van der Waals surface area contributed by atoms with Gasteiger partial charge >= 0.3 is 0 Å². The molecule has 0 aromatic rings. The molecule has 1 rings (SSSR count). The van der Waals surface area contributed by atoms with Gasteiger partial charge in [0.1, 0.15) is 0 Å². The number of allylic oxidation sites excluding steroid dienone is 4. The second-order valence-corrected chi connectivity index (χ2v) is 3.54. The van der Waals surface area contributed by atoms with Gasteiger partial charge in [-0.15, -0.1) is 0 Å². The summed E-state index contributed by atoms with van der Waals surface area (Å²) in [4.78, 5) is 0. The molecule has 12 heavy (non-hydrogen) atoms. The molecule has 1 aliphatic rings. The summed E-state index contributed by atoms with van der Waals surface area (Å²) in [6, 6.07) is 2.09. The second kappa shape index (κ2) is 4.11. The van der Waals surface area contributed by atoms with E-state index in [9.17, 15) is 0 Å². The van der Waals surface area contributed by atoms with Crippen molar-refractivity contribution in [1.29, 1.82) is 5.26 Å². The third-order valence-electron chi connectivity index (χ3n) is 2.57. The molecule has 0 heterocycles. The summed E-state index contributed by atoms with van der Waals surface area (Å²) < 4.78 is 0. The lowest BCUT2D eigenvalue weighted by molar-refractivity contribution is 0.539. The normalized spacial score (nSPS) is 24.6. The topological polar surface area (TPSA) is 23.8 Å². The highest BCUT2D eigenvalue weighted by atomic mass is 14.2. The first-order chi connectivity index (χ1) is 5.74. The Bertz CT molecular complexity index is 253. The van der Waals surface area contributed by atoms with Gasteiger partial charge in [0.15, 0.2) is 0 Å². The van der Waals surface area contributed by atoms with E-state index in [0.717, 1.165) is 6.42 Å². The van der Waals surface area contributed by atoms with Crippen LogP contribution in [0.5, 0.6) is 0 Å². The maximum atomic E-state index is 8.48. The van der Waals surface area contributed by atoms with Gasteiger partial charge in [-0.2, -0.15) is 5.26 Å². The van der Waals surface area contributed by atoms with Crippen LogP contribution in [0.4, 0.5) is 0 Å². The zero-order chi connectivity index (χ0) is 8.97. The summed E-state index contributed by atoms with van der Waals surface area (Å²) in [5.41, 5.74) is 2.73. The van der Waals surface area contributed by atoms with Crippen LogP contribution in [0.1, 0.15) is 33.1 Å². The van der Waals surface area contributed by atoms with E-state index in [-0.39, 0.29) is 0 Å². The van der Waals surface area contributed by atoms with Crippen LogP contribution in [0.25, 0.3) is 0 Å². The molecule has 0 saturated carbocycles. The van der Waals surface area contributed by atoms with Gasteiger partial charge < -0.3 is 0 Å². The van der Waals surface area contributed by atoms with Crippen molar-refractivity contribution in [2.45, 2.75) is 33.1 Å². The van der Waals surface area contributed by atoms with E-state index >= 15 is 0 Å². The Kier molecular flexibility index (Phi) is 3.10. The Hall–Kier alpha value is -1.03. The first-order valence-electron chi connectivity index (χ1n) is 4.46. The average molecular weight is 161 g/mol. The van der Waals surface area contributed by atoms with Gasteiger partial charge in [-0.3, -0.25) is 0 Å². The Morgan fingerprint density at radius 1 is 1.75 bits per heavy atom. The predicted octanol–water partition coefficient (Wildman–Crippen LogP) is 3.20. The monoisotopic (exact) mass is 161 g/mol. The summed E-state index contributed by atoms with van der Waals surface area (Å²) >= 11 is 0. The third kappa shape index (κ3) is 2.23. The van der Waals surface area contributed by atoms with Crippen LogP contribution in [0.3, 0.4) is 0 Å². The largest absolute Gasteiger partial charge is 0.193 e. The fourth-order valence-corrected chi connectivity index (χ4v) is 1.60. The number of nitrogens with zero attached hydrogens (tertiary/aromatic N) is 1. The summed E-state index contributed by atoms with van der Waals surface area (Å²) in [5.74, 6) is 0.619. The third-order valence-corrected chi connectivity index (χ3v) is 2.57. The SMILES string of the molecule is CC1=CCC(C(C)=CC#N)CC1. The van der Waals surface area contributed by atoms with Gasteiger partial charge in [-0.05, 0) is 39.0 Å². The van der Waals surface area contributed by atoms with Crippen molar-refractivity contribution in [3.63, 3.8) is 0 Å². The van der Waals surface area contributed by atoms with Crippen LogP contribution in [0, 0.1) is 17.2 Å². The quantitative estimate of drug-likeness (QED) is 0.428. The second-order valence-electron chi connectivity index (χ2n) is 3.54. The molecule has 0 spiro atoms. The Morgan fingerprint density at radius 2 is 2.50 bits per heavy atom. The van der Waals surface area contributed by atoms with Crippen LogP contribution in [-0.4, -0.2) is 0 Å². The lowest BCUT2D eigenvalue weighted by Gasteiger charge is -2.20. The van der Waals surface area contributed by atoms with Crippen molar-refractivity contribution < 1.29 is 0 Å². The number of nitriles is 1. The number of hydrogen-bond acceptors (Lipinski definition) is 1. The lowest BCUT2D eigenvalue weighted by Crippen LogP contribution is -2.05. The van der Waals surface area contributed by atoms with E-state index < -0.39 is 0 Å². The summed E-state index contributed by atoms with van der Waals surface area (Å²) in [5, 5.41) is 8.48. The summed E-state index contributed by atoms with van der Waals surface area (Å²) in [6.07, 6.45) is 7.51. The zero-order valence-electron chi connectivity index (χ0n) is 7.80. The summed E-state index contributed by atoms with van der Waals surface area (Å²) in [7, 11) is 0. The Morgan fingerprint density at radius 3 is 3.00 bits per heavy atom. The van der Waals surface area contributed by atoms with E-state index in [0.29, 0.717) is 5.92 Å². The molecule has 1 atom stereocenters. The van der Waals surface area contributed by atoms with Crippen LogP contribution in [-0.2, 0) is 0 Å². The Labute approximate surface area is 74.4 Å². The maximum absolute atomic E-state index is 8.48. The van der Waals surface area contributed by atoms with Crippen LogP contribution < -0.4 is 0 Å². The fraction of sp³-hybridized carbons (Fsp3) is 0.545. The Balaban J connectivity index is 2.58. The van der Waals surface area contributed by atoms with Gasteiger partial charge in [-0.25, -0.2) is 0 Å². The molecule has 0 fully saturated rings. The van der Waals surface area contributed by atoms with Crippen molar-refractivity contribution >= 4 is 0 Å². The molecule has 0 aromatic heterocycles. The molecule has 1 unspecified atom stereocenters. The average Bonchev–Trinajstić information content (AvgIpc) is 2.06. The summed E-state index contributed by atoms with van der Waals surface area (Å²) in [6.45, 7) is 4.24. The van der Waals surface area contributed by atoms with Gasteiger partial charge in [0.25, 0.3) is 0 Å². The minimum absolute atomic E-state index is 0.619. The van der Waals surface area contributed by atoms with Crippen molar-refractivity contribution in [2.75, 3.05) is 0 Å². The minimum Gasteiger partial charge on any atom is -0.193 e. The minimum atomic E-state index is 0.619. The van der Waals surface area contributed by atoms with Crippen molar-refractivity contribution in [3.05, 3.63) is 23.3 Å². The van der Waals surface area contributed by atoms with Gasteiger partial charge in [0.05, 0.1) is 6.07 Å². The maximum Gasteiger partial charge on any atom is 0.0911 e. The first kappa shape index (κ1) is 9.06. The smallest absolute Gasteiger partial charge is 0.0911 e. The molecule has 1 aliphatic carbocycles. The van der Waals surface area contributed by atoms with Gasteiger partial charge in [-0.1, -0.05) is 17.2 Å². The molecule has 1 heteroatoms. The van der Waals surface area contributed by atoms with Crippen LogP contribution in [0.15, 0.2) is 23.3 Å². The molecule has 1 nitrogen and oxygen atoms in total. The molecular weight excluding hydrogens is 146 g/mol. The van der Waals surface area contributed by atoms with Crippen molar-refractivity contribution in [1.82, 2.24) is 0 Å². The lowest BCUT2D eigenvalue weighted by atomic mass is 9.85. The molecule has 0 aliphatic heterocycles. The van der Waals surface area contributed by atoms with E-state index in [2.05, 4.69) is 26.0 Å². The fourth-order valence-electron chi connectivity index (χ4n) is 1.60. The van der Waals surface area contributed by atoms with Crippen LogP contribution in [0.2, 0.25) is 0 Å². The molecule has 0 aromatic carbocycles. The van der Waals surface area contributed by atoms with E-state index in [1.165, 1.54) is 24.0 Å². The molecular formula is C11H15N. The zero-order valence-corrected chi connectivity index (χ0v) is 7.80. The highest BCUT2D eigenvalue weighted by Crippen LogP contribution is 2.28. The molecule has 64 valence electrons. The van der Waals surface area contributed by atoms with Gasteiger partial charge in [0, 0.05) is 6.08 Å². The molecule has 0 saturated heterocycles. The highest BCUT2D eigenvalue weighted by Gasteiger charge is 2.13. The molecule has 0 radical (unpaired) electrons. The van der Waals surface area contributed by atoms with Crippen molar-refractivity contribution in [2.24, 2.45) is 5.92 Å².